The van der Waals surface area contributed by atoms with Crippen LogP contribution in [-0.2, 0) is 14.8 Å². The molecular formula is C25H29N3O3S2. The summed E-state index contributed by atoms with van der Waals surface area (Å²) in [6.07, 6.45) is 1.03. The number of rotatable bonds is 7. The minimum Gasteiger partial charge on any atom is -0.385 e. The summed E-state index contributed by atoms with van der Waals surface area (Å²) in [5, 5.41) is 5.45. The van der Waals surface area contributed by atoms with Gasteiger partial charge in [0.15, 0.2) is 0 Å². The van der Waals surface area contributed by atoms with Crippen LogP contribution in [-0.4, -0.2) is 65.0 Å². The van der Waals surface area contributed by atoms with Crippen LogP contribution < -0.4 is 9.62 Å². The van der Waals surface area contributed by atoms with Crippen LogP contribution in [0, 0.1) is 0 Å². The highest BCUT2D eigenvalue weighted by atomic mass is 32.2. The molecule has 0 spiro atoms. The maximum atomic E-state index is 13.6. The molecule has 1 saturated heterocycles. The molecule has 1 fully saturated rings. The molecule has 0 unspecified atom stereocenters. The zero-order valence-electron chi connectivity index (χ0n) is 18.6. The van der Waals surface area contributed by atoms with Crippen LogP contribution in [0.3, 0.4) is 0 Å². The van der Waals surface area contributed by atoms with E-state index in [1.54, 1.807) is 28.2 Å². The van der Waals surface area contributed by atoms with Gasteiger partial charge in [-0.1, -0.05) is 30.3 Å². The molecule has 2 aliphatic rings. The van der Waals surface area contributed by atoms with E-state index in [1.807, 2.05) is 48.5 Å². The highest BCUT2D eigenvalue weighted by molar-refractivity contribution is 8.00. The smallest absolute Gasteiger partial charge is 0.264 e. The summed E-state index contributed by atoms with van der Waals surface area (Å²) >= 11 is 1.71. The van der Waals surface area contributed by atoms with Crippen LogP contribution in [0.1, 0.15) is 6.42 Å². The van der Waals surface area contributed by atoms with Gasteiger partial charge in [0.25, 0.3) is 10.0 Å². The van der Waals surface area contributed by atoms with Gasteiger partial charge in [-0.25, -0.2) is 8.42 Å². The largest absolute Gasteiger partial charge is 0.385 e. The lowest BCUT2D eigenvalue weighted by molar-refractivity contribution is 0.0378. The zero-order valence-corrected chi connectivity index (χ0v) is 20.2. The van der Waals surface area contributed by atoms with Crippen molar-refractivity contribution in [1.29, 1.82) is 0 Å². The lowest BCUT2D eigenvalue weighted by Crippen LogP contribution is -2.37. The quantitative estimate of drug-likeness (QED) is 0.507. The van der Waals surface area contributed by atoms with E-state index in [4.69, 9.17) is 4.74 Å². The Morgan fingerprint density at radius 1 is 0.939 bits per heavy atom. The van der Waals surface area contributed by atoms with Crippen LogP contribution in [0.5, 0.6) is 0 Å². The van der Waals surface area contributed by atoms with Gasteiger partial charge < -0.3 is 10.1 Å². The van der Waals surface area contributed by atoms with Crippen molar-refractivity contribution in [3.05, 3.63) is 60.7 Å². The van der Waals surface area contributed by atoms with E-state index < -0.39 is 10.0 Å². The van der Waals surface area contributed by atoms with Gasteiger partial charge in [0.1, 0.15) is 0 Å². The topological polar surface area (TPSA) is 61.9 Å². The normalized spacial score (nSPS) is 17.2. The molecule has 5 rings (SSSR count). The Morgan fingerprint density at radius 2 is 1.76 bits per heavy atom. The summed E-state index contributed by atoms with van der Waals surface area (Å²) in [6.45, 7) is 5.98. The van der Waals surface area contributed by atoms with Gasteiger partial charge in [-0.3, -0.25) is 9.21 Å². The van der Waals surface area contributed by atoms with Crippen LogP contribution in [0.4, 0.5) is 11.4 Å². The van der Waals surface area contributed by atoms with E-state index in [0.717, 1.165) is 78.6 Å². The first-order chi connectivity index (χ1) is 16.1. The summed E-state index contributed by atoms with van der Waals surface area (Å²) < 4.78 is 34.2. The number of sulfonamides is 1. The molecule has 0 amide bonds. The lowest BCUT2D eigenvalue weighted by Gasteiger charge is -2.30. The van der Waals surface area contributed by atoms with Crippen LogP contribution in [0.25, 0.3) is 10.8 Å². The van der Waals surface area contributed by atoms with Gasteiger partial charge in [-0.2, -0.15) is 0 Å². The minimum absolute atomic E-state index is 0.336. The van der Waals surface area contributed by atoms with Crippen molar-refractivity contribution < 1.29 is 13.2 Å². The first-order valence-corrected chi connectivity index (χ1v) is 13.9. The molecule has 0 atom stereocenters. The highest BCUT2D eigenvalue weighted by Gasteiger charge is 2.30. The summed E-state index contributed by atoms with van der Waals surface area (Å²) in [5.74, 6) is 0.742. The average Bonchev–Trinajstić information content (AvgIpc) is 2.86. The second kappa shape index (κ2) is 9.93. The van der Waals surface area contributed by atoms with E-state index in [0.29, 0.717) is 11.4 Å². The standard InChI is InChI=1S/C25H29N3O3S2/c29-33(30,23-8-6-20-4-1-2-5-21(20)18-23)28-14-17-32-25-9-7-22(19-24(25)28)26-10-3-11-27-12-15-31-16-13-27/h1-2,4-9,18-19,26H,3,10-17H2. The van der Waals surface area contributed by atoms with Crippen LogP contribution in [0.2, 0.25) is 0 Å². The Hall–Kier alpha value is -2.26. The first kappa shape index (κ1) is 22.5. The molecule has 8 heteroatoms. The van der Waals surface area contributed by atoms with Gasteiger partial charge >= 0.3 is 0 Å². The summed E-state index contributed by atoms with van der Waals surface area (Å²) in [5.41, 5.74) is 1.72. The zero-order chi connectivity index (χ0) is 22.7. The maximum absolute atomic E-state index is 13.6. The van der Waals surface area contributed by atoms with E-state index in [1.165, 1.54) is 0 Å². The van der Waals surface area contributed by atoms with Gasteiger partial charge in [0.05, 0.1) is 23.8 Å². The fourth-order valence-electron chi connectivity index (χ4n) is 4.37. The highest BCUT2D eigenvalue weighted by Crippen LogP contribution is 2.39. The van der Waals surface area contributed by atoms with Crippen molar-refractivity contribution in [3.63, 3.8) is 0 Å². The summed E-state index contributed by atoms with van der Waals surface area (Å²) in [6, 6.07) is 19.3. The number of morpholine rings is 1. The molecule has 3 aromatic carbocycles. The minimum atomic E-state index is -3.65. The number of fused-ring (bicyclic) bond motifs is 2. The van der Waals surface area contributed by atoms with Gasteiger partial charge in [-0.15, -0.1) is 11.8 Å². The van der Waals surface area contributed by atoms with E-state index in [2.05, 4.69) is 10.2 Å². The number of hydrogen-bond acceptors (Lipinski definition) is 6. The number of nitrogens with one attached hydrogen (secondary N) is 1. The number of thioether (sulfide) groups is 1. The maximum Gasteiger partial charge on any atom is 0.264 e. The van der Waals surface area contributed by atoms with Gasteiger partial charge in [0, 0.05) is 42.5 Å². The van der Waals surface area contributed by atoms with Crippen molar-refractivity contribution in [2.45, 2.75) is 16.2 Å². The van der Waals surface area contributed by atoms with Crippen LogP contribution >= 0.6 is 11.8 Å². The van der Waals surface area contributed by atoms with Crippen molar-refractivity contribution in [1.82, 2.24) is 4.90 Å². The van der Waals surface area contributed by atoms with E-state index >= 15 is 0 Å². The van der Waals surface area contributed by atoms with Crippen molar-refractivity contribution in [2.24, 2.45) is 0 Å². The molecule has 1 N–H and O–H groups in total. The second-order valence-corrected chi connectivity index (χ2v) is 11.4. The van der Waals surface area contributed by atoms with Gasteiger partial charge in [0.2, 0.25) is 0 Å². The fourth-order valence-corrected chi connectivity index (χ4v) is 7.03. The Bertz CT molecular complexity index is 1230. The molecule has 0 aliphatic carbocycles. The number of nitrogens with zero attached hydrogens (tertiary/aromatic N) is 2. The number of anilines is 2. The average molecular weight is 484 g/mol. The third-order valence-electron chi connectivity index (χ3n) is 6.17. The predicted molar refractivity (Wildman–Crippen MR) is 136 cm³/mol. The molecule has 33 heavy (non-hydrogen) atoms. The monoisotopic (exact) mass is 483 g/mol. The number of benzene rings is 3. The predicted octanol–water partition coefficient (Wildman–Crippen LogP) is 4.28. The number of ether oxygens (including phenoxy) is 1. The molecule has 0 bridgehead atoms. The molecular weight excluding hydrogens is 454 g/mol. The Labute approximate surface area is 200 Å². The van der Waals surface area contributed by atoms with Crippen molar-refractivity contribution in [3.8, 4) is 0 Å². The molecule has 2 heterocycles. The third kappa shape index (κ3) is 4.99. The van der Waals surface area contributed by atoms with E-state index in [-0.39, 0.29) is 0 Å². The molecule has 174 valence electrons. The molecule has 6 nitrogen and oxygen atoms in total. The van der Waals surface area contributed by atoms with Crippen molar-refractivity contribution >= 4 is 43.9 Å². The first-order valence-electron chi connectivity index (χ1n) is 11.4. The van der Waals surface area contributed by atoms with E-state index in [9.17, 15) is 8.42 Å². The number of hydrogen-bond donors (Lipinski definition) is 1. The summed E-state index contributed by atoms with van der Waals surface area (Å²) in [7, 11) is -3.65. The van der Waals surface area contributed by atoms with Gasteiger partial charge in [-0.05, 0) is 54.1 Å². The molecule has 3 aromatic rings. The molecule has 0 aromatic heterocycles. The summed E-state index contributed by atoms with van der Waals surface area (Å²) in [4.78, 5) is 3.76. The third-order valence-corrected chi connectivity index (χ3v) is 9.02. The SMILES string of the molecule is O=S(=O)(c1ccc2ccccc2c1)N1CCSc2ccc(NCCCN3CCOCC3)cc21. The Balaban J connectivity index is 1.32. The fraction of sp³-hybridized carbons (Fsp3) is 0.360. The molecule has 0 saturated carbocycles. The lowest BCUT2D eigenvalue weighted by atomic mass is 10.1. The molecule has 2 aliphatic heterocycles. The Kier molecular flexibility index (Phi) is 6.78. The molecule has 0 radical (unpaired) electrons. The Morgan fingerprint density at radius 3 is 2.61 bits per heavy atom. The van der Waals surface area contributed by atoms with Crippen molar-refractivity contribution in [2.75, 3.05) is 61.3 Å². The van der Waals surface area contributed by atoms with Crippen LogP contribution in [0.15, 0.2) is 70.5 Å². The second-order valence-electron chi connectivity index (χ2n) is 8.35.